The Morgan fingerprint density at radius 2 is 2.08 bits per heavy atom. The van der Waals surface area contributed by atoms with Gasteiger partial charge in [0.1, 0.15) is 0 Å². The summed E-state index contributed by atoms with van der Waals surface area (Å²) in [6.45, 7) is 3.64. The van der Waals surface area contributed by atoms with Crippen LogP contribution in [0, 0.1) is 5.92 Å². The van der Waals surface area contributed by atoms with E-state index in [0.29, 0.717) is 0 Å². The first-order chi connectivity index (χ1) is 12.4. The highest BCUT2D eigenvalue weighted by atomic mass is 35.5. The van der Waals surface area contributed by atoms with Crippen LogP contribution in [-0.4, -0.2) is 39.8 Å². The number of halogens is 1. The summed E-state index contributed by atoms with van der Waals surface area (Å²) in [6.07, 6.45) is 5.60. The van der Waals surface area contributed by atoms with E-state index in [2.05, 4.69) is 39.0 Å². The van der Waals surface area contributed by atoms with E-state index in [4.69, 9.17) is 4.74 Å². The molecule has 0 aliphatic carbocycles. The van der Waals surface area contributed by atoms with Crippen LogP contribution in [-0.2, 0) is 11.3 Å². The molecule has 26 heavy (non-hydrogen) atoms. The average molecular weight is 374 g/mol. The number of benzene rings is 1. The third-order valence-corrected chi connectivity index (χ3v) is 4.78. The standard InChI is InChI=1S/C19H23N5O.ClH/c1-2-6-16(7-3-1)18-11-17(19-21-22-23-24(19)13-18)12-20-9-4-5-15-8-10-25-14-15;/h1-3,6-7,11,13,15,20H,4-5,8-10,12,14H2;1H. The van der Waals surface area contributed by atoms with E-state index in [1.165, 1.54) is 24.8 Å². The molecule has 0 spiro atoms. The molecule has 2 aromatic heterocycles. The SMILES string of the molecule is Cl.c1ccc(-c2cc(CNCCCC3CCOC3)c3nnnn3c2)cc1. The number of pyridine rings is 1. The Labute approximate surface area is 159 Å². The van der Waals surface area contributed by atoms with Gasteiger partial charge in [-0.1, -0.05) is 30.3 Å². The van der Waals surface area contributed by atoms with Crippen molar-refractivity contribution in [1.82, 2.24) is 25.4 Å². The molecule has 0 bridgehead atoms. The maximum absolute atomic E-state index is 5.43. The molecule has 6 nitrogen and oxygen atoms in total. The van der Waals surface area contributed by atoms with Gasteiger partial charge in [-0.05, 0) is 53.8 Å². The fraction of sp³-hybridized carbons (Fsp3) is 0.421. The molecule has 3 aromatic rings. The molecule has 1 aliphatic rings. The normalized spacial score (nSPS) is 16.7. The van der Waals surface area contributed by atoms with E-state index in [0.717, 1.165) is 49.0 Å². The molecule has 1 aromatic carbocycles. The van der Waals surface area contributed by atoms with E-state index < -0.39 is 0 Å². The van der Waals surface area contributed by atoms with Gasteiger partial charge in [0.05, 0.1) is 0 Å². The smallest absolute Gasteiger partial charge is 0.183 e. The van der Waals surface area contributed by atoms with Gasteiger partial charge in [0, 0.05) is 37.1 Å². The van der Waals surface area contributed by atoms with Crippen LogP contribution >= 0.6 is 12.4 Å². The summed E-state index contributed by atoms with van der Waals surface area (Å²) in [4.78, 5) is 0. The zero-order valence-corrected chi connectivity index (χ0v) is 15.5. The number of aromatic nitrogens is 4. The van der Waals surface area contributed by atoms with Gasteiger partial charge in [-0.15, -0.1) is 17.5 Å². The van der Waals surface area contributed by atoms with Crippen molar-refractivity contribution in [2.75, 3.05) is 19.8 Å². The molecule has 1 aliphatic heterocycles. The Morgan fingerprint density at radius 1 is 1.19 bits per heavy atom. The van der Waals surface area contributed by atoms with Gasteiger partial charge in [-0.25, -0.2) is 0 Å². The number of tetrazole rings is 1. The van der Waals surface area contributed by atoms with Gasteiger partial charge >= 0.3 is 0 Å². The van der Waals surface area contributed by atoms with E-state index in [9.17, 15) is 0 Å². The molecule has 0 saturated carbocycles. The van der Waals surface area contributed by atoms with E-state index in [-0.39, 0.29) is 12.4 Å². The molecule has 0 amide bonds. The lowest BCUT2D eigenvalue weighted by Crippen LogP contribution is -2.16. The molecule has 3 heterocycles. The maximum Gasteiger partial charge on any atom is 0.183 e. The third kappa shape index (κ3) is 4.38. The van der Waals surface area contributed by atoms with Gasteiger partial charge in [0.15, 0.2) is 5.65 Å². The number of fused-ring (bicyclic) bond motifs is 1. The van der Waals surface area contributed by atoms with Crippen LogP contribution in [0.1, 0.15) is 24.8 Å². The molecule has 1 saturated heterocycles. The van der Waals surface area contributed by atoms with Crippen LogP contribution in [0.15, 0.2) is 42.6 Å². The number of hydrogen-bond acceptors (Lipinski definition) is 5. The second-order valence-electron chi connectivity index (χ2n) is 6.62. The second kappa shape index (κ2) is 9.07. The highest BCUT2D eigenvalue weighted by Gasteiger charge is 2.14. The molecule has 4 rings (SSSR count). The average Bonchev–Trinajstić information content (AvgIpc) is 3.33. The molecule has 0 radical (unpaired) electrons. The van der Waals surface area contributed by atoms with Crippen molar-refractivity contribution in [3.63, 3.8) is 0 Å². The minimum atomic E-state index is 0. The van der Waals surface area contributed by atoms with E-state index in [1.54, 1.807) is 4.52 Å². The van der Waals surface area contributed by atoms with Crippen molar-refractivity contribution in [3.05, 3.63) is 48.2 Å². The maximum atomic E-state index is 5.43. The Hall–Kier alpha value is -2.02. The van der Waals surface area contributed by atoms with Crippen LogP contribution in [0.5, 0.6) is 0 Å². The zero-order chi connectivity index (χ0) is 16.9. The first-order valence-electron chi connectivity index (χ1n) is 8.94. The largest absolute Gasteiger partial charge is 0.381 e. The number of nitrogens with one attached hydrogen (secondary N) is 1. The van der Waals surface area contributed by atoms with Crippen LogP contribution in [0.25, 0.3) is 16.8 Å². The summed E-state index contributed by atoms with van der Waals surface area (Å²) < 4.78 is 7.19. The number of rotatable bonds is 7. The predicted octanol–water partition coefficient (Wildman–Crippen LogP) is 3.12. The minimum absolute atomic E-state index is 0. The zero-order valence-electron chi connectivity index (χ0n) is 14.7. The fourth-order valence-corrected chi connectivity index (χ4v) is 3.38. The molecule has 1 N–H and O–H groups in total. The van der Waals surface area contributed by atoms with Crippen molar-refractivity contribution in [1.29, 1.82) is 0 Å². The molecular weight excluding hydrogens is 350 g/mol. The summed E-state index contributed by atoms with van der Waals surface area (Å²) in [5.41, 5.74) is 4.23. The van der Waals surface area contributed by atoms with E-state index in [1.807, 2.05) is 24.4 Å². The number of hydrogen-bond donors (Lipinski definition) is 1. The van der Waals surface area contributed by atoms with Gasteiger partial charge in [-0.2, -0.15) is 4.52 Å². The fourth-order valence-electron chi connectivity index (χ4n) is 3.38. The molecule has 1 fully saturated rings. The topological polar surface area (TPSA) is 64.3 Å². The van der Waals surface area contributed by atoms with Gasteiger partial charge in [0.2, 0.25) is 0 Å². The summed E-state index contributed by atoms with van der Waals surface area (Å²) in [6, 6.07) is 12.5. The summed E-state index contributed by atoms with van der Waals surface area (Å²) in [5, 5.41) is 15.6. The van der Waals surface area contributed by atoms with Crippen molar-refractivity contribution in [3.8, 4) is 11.1 Å². The lowest BCUT2D eigenvalue weighted by molar-refractivity contribution is 0.184. The predicted molar refractivity (Wildman–Crippen MR) is 103 cm³/mol. The highest BCUT2D eigenvalue weighted by Crippen LogP contribution is 2.22. The van der Waals surface area contributed by atoms with Crippen molar-refractivity contribution in [2.24, 2.45) is 5.92 Å². The van der Waals surface area contributed by atoms with Crippen LogP contribution in [0.2, 0.25) is 0 Å². The van der Waals surface area contributed by atoms with Gasteiger partial charge in [-0.3, -0.25) is 0 Å². The first kappa shape index (κ1) is 18.8. The van der Waals surface area contributed by atoms with Gasteiger partial charge in [0.25, 0.3) is 0 Å². The monoisotopic (exact) mass is 373 g/mol. The quantitative estimate of drug-likeness (QED) is 0.644. The van der Waals surface area contributed by atoms with Crippen molar-refractivity contribution >= 4 is 18.1 Å². The van der Waals surface area contributed by atoms with Crippen LogP contribution in [0.4, 0.5) is 0 Å². The lowest BCUT2D eigenvalue weighted by atomic mass is 10.0. The lowest BCUT2D eigenvalue weighted by Gasteiger charge is -2.10. The Bertz CT molecular complexity index is 817. The molecule has 7 heteroatoms. The van der Waals surface area contributed by atoms with E-state index >= 15 is 0 Å². The Balaban J connectivity index is 0.00000196. The summed E-state index contributed by atoms with van der Waals surface area (Å²) >= 11 is 0. The highest BCUT2D eigenvalue weighted by molar-refractivity contribution is 5.85. The third-order valence-electron chi connectivity index (χ3n) is 4.78. The first-order valence-corrected chi connectivity index (χ1v) is 8.94. The number of nitrogens with zero attached hydrogens (tertiary/aromatic N) is 4. The van der Waals surface area contributed by atoms with Gasteiger partial charge < -0.3 is 10.1 Å². The number of ether oxygens (including phenoxy) is 1. The van der Waals surface area contributed by atoms with Crippen LogP contribution in [0.3, 0.4) is 0 Å². The van der Waals surface area contributed by atoms with Crippen molar-refractivity contribution in [2.45, 2.75) is 25.8 Å². The molecule has 1 unspecified atom stereocenters. The van der Waals surface area contributed by atoms with Crippen molar-refractivity contribution < 1.29 is 4.74 Å². The molecule has 138 valence electrons. The minimum Gasteiger partial charge on any atom is -0.381 e. The molecule has 1 atom stereocenters. The summed E-state index contributed by atoms with van der Waals surface area (Å²) in [5.74, 6) is 0.746. The van der Waals surface area contributed by atoms with Crippen LogP contribution < -0.4 is 5.32 Å². The second-order valence-corrected chi connectivity index (χ2v) is 6.62. The molecular formula is C19H24ClN5O. The Morgan fingerprint density at radius 3 is 2.88 bits per heavy atom. The Kier molecular flexibility index (Phi) is 6.55. The summed E-state index contributed by atoms with van der Waals surface area (Å²) in [7, 11) is 0.